The van der Waals surface area contributed by atoms with Gasteiger partial charge in [-0.2, -0.15) is 0 Å². The molecule has 7 heteroatoms. The molecule has 0 saturated carbocycles. The lowest BCUT2D eigenvalue weighted by Crippen LogP contribution is -2.18. The Hall–Kier alpha value is -2.67. The van der Waals surface area contributed by atoms with Crippen LogP contribution in [0.15, 0.2) is 35.5 Å². The predicted molar refractivity (Wildman–Crippen MR) is 98.4 cm³/mol. The quantitative estimate of drug-likeness (QED) is 0.465. The van der Waals surface area contributed by atoms with Crippen molar-refractivity contribution < 1.29 is 19.2 Å². The number of carbonyl (C=O) groups excluding carboxylic acids is 2. The summed E-state index contributed by atoms with van der Waals surface area (Å²) in [6.07, 6.45) is 1.52. The molecule has 0 spiro atoms. The number of amides is 1. The lowest BCUT2D eigenvalue weighted by Gasteiger charge is -2.06. The minimum absolute atomic E-state index is 0.248. The summed E-state index contributed by atoms with van der Waals surface area (Å²) in [6.45, 7) is 5.48. The second-order valence-corrected chi connectivity index (χ2v) is 6.40. The van der Waals surface area contributed by atoms with Crippen LogP contribution in [-0.4, -0.2) is 31.3 Å². The van der Waals surface area contributed by atoms with Crippen molar-refractivity contribution in [2.75, 3.05) is 18.5 Å². The fourth-order valence-corrected chi connectivity index (χ4v) is 3.12. The molecule has 1 aromatic carbocycles. The first-order chi connectivity index (χ1) is 12.0. The molecule has 2 rings (SSSR count). The molecule has 1 heterocycles. The zero-order valence-corrected chi connectivity index (χ0v) is 15.2. The average Bonchev–Trinajstić information content (AvgIpc) is 2.87. The molecule has 6 nitrogen and oxygen atoms in total. The molecule has 0 fully saturated rings. The average molecular weight is 360 g/mol. The van der Waals surface area contributed by atoms with Crippen LogP contribution in [0, 0.1) is 13.8 Å². The monoisotopic (exact) mass is 360 g/mol. The van der Waals surface area contributed by atoms with Crippen molar-refractivity contribution >= 4 is 34.4 Å². The number of aryl methyl sites for hydroxylation is 1. The molecule has 1 aromatic heterocycles. The summed E-state index contributed by atoms with van der Waals surface area (Å²) in [5, 5.41) is 6.92. The van der Waals surface area contributed by atoms with E-state index < -0.39 is 11.9 Å². The Bertz CT molecular complexity index is 769. The van der Waals surface area contributed by atoms with Crippen LogP contribution in [0.1, 0.15) is 33.3 Å². The van der Waals surface area contributed by atoms with Crippen molar-refractivity contribution in [3.8, 4) is 0 Å². The Morgan fingerprint density at radius 1 is 1.24 bits per heavy atom. The van der Waals surface area contributed by atoms with Gasteiger partial charge in [-0.05, 0) is 31.9 Å². The van der Waals surface area contributed by atoms with Crippen LogP contribution in [0.4, 0.5) is 5.00 Å². The first kappa shape index (κ1) is 18.7. The number of ether oxygens (including phenoxy) is 1. The van der Waals surface area contributed by atoms with Gasteiger partial charge in [0.05, 0.1) is 18.4 Å². The Kier molecular flexibility index (Phi) is 6.71. The van der Waals surface area contributed by atoms with Crippen LogP contribution < -0.4 is 5.32 Å². The van der Waals surface area contributed by atoms with Crippen LogP contribution >= 0.6 is 11.3 Å². The van der Waals surface area contributed by atoms with Gasteiger partial charge in [-0.3, -0.25) is 4.79 Å². The molecule has 0 unspecified atom stereocenters. The summed E-state index contributed by atoms with van der Waals surface area (Å²) < 4.78 is 5.05. The van der Waals surface area contributed by atoms with Gasteiger partial charge < -0.3 is 14.9 Å². The second kappa shape index (κ2) is 8.98. The Balaban J connectivity index is 1.95. The van der Waals surface area contributed by atoms with Gasteiger partial charge in [0.1, 0.15) is 5.00 Å². The third-order valence-electron chi connectivity index (χ3n) is 3.39. The van der Waals surface area contributed by atoms with E-state index in [-0.39, 0.29) is 13.2 Å². The van der Waals surface area contributed by atoms with E-state index in [2.05, 4.69) is 10.5 Å². The molecule has 132 valence electrons. The van der Waals surface area contributed by atoms with Crippen molar-refractivity contribution in [1.82, 2.24) is 0 Å². The first-order valence-electron chi connectivity index (χ1n) is 7.80. The molecule has 1 amide bonds. The Morgan fingerprint density at radius 3 is 2.64 bits per heavy atom. The van der Waals surface area contributed by atoms with E-state index in [1.165, 1.54) is 17.6 Å². The number of anilines is 1. The zero-order valence-electron chi connectivity index (χ0n) is 14.4. The highest BCUT2D eigenvalue weighted by Crippen LogP contribution is 2.32. The molecular weight excluding hydrogens is 340 g/mol. The molecule has 0 aliphatic rings. The molecule has 0 aliphatic heterocycles. The Labute approximate surface area is 150 Å². The molecular formula is C18H20N2O4S. The van der Waals surface area contributed by atoms with Gasteiger partial charge >= 0.3 is 5.97 Å². The molecule has 0 saturated heterocycles. The number of rotatable bonds is 7. The maximum atomic E-state index is 12.1. The van der Waals surface area contributed by atoms with Crippen LogP contribution in [0.2, 0.25) is 0 Å². The van der Waals surface area contributed by atoms with Crippen molar-refractivity contribution in [2.45, 2.75) is 20.8 Å². The molecule has 0 bridgehead atoms. The van der Waals surface area contributed by atoms with Gasteiger partial charge in [0, 0.05) is 4.88 Å². The van der Waals surface area contributed by atoms with Crippen molar-refractivity contribution in [3.05, 3.63) is 51.9 Å². The highest BCUT2D eigenvalue weighted by molar-refractivity contribution is 7.16. The van der Waals surface area contributed by atoms with Crippen LogP contribution in [-0.2, 0) is 14.4 Å². The largest absolute Gasteiger partial charge is 0.462 e. The zero-order chi connectivity index (χ0) is 18.2. The summed E-state index contributed by atoms with van der Waals surface area (Å²) in [5.74, 6) is -0.834. The lowest BCUT2D eigenvalue weighted by molar-refractivity contribution is -0.120. The highest BCUT2D eigenvalue weighted by atomic mass is 32.1. The number of esters is 1. The number of hydrogen-bond donors (Lipinski definition) is 1. The van der Waals surface area contributed by atoms with E-state index in [1.807, 2.05) is 44.2 Å². The number of thiophene rings is 1. The summed E-state index contributed by atoms with van der Waals surface area (Å²) in [7, 11) is 0. The van der Waals surface area contributed by atoms with E-state index in [1.54, 1.807) is 6.92 Å². The standard InChI is InChI=1S/C18H20N2O4S/c1-4-23-18(22)16-12(2)13(3)25-17(16)20-15(21)11-24-19-10-14-8-6-5-7-9-14/h5-10H,4,11H2,1-3H3,(H,20,21). The van der Waals surface area contributed by atoms with Crippen LogP contribution in [0.5, 0.6) is 0 Å². The minimum Gasteiger partial charge on any atom is -0.462 e. The number of carbonyl (C=O) groups is 2. The van der Waals surface area contributed by atoms with Gasteiger partial charge in [0.15, 0.2) is 6.61 Å². The van der Waals surface area contributed by atoms with Gasteiger partial charge in [0.25, 0.3) is 5.91 Å². The summed E-state index contributed by atoms with van der Waals surface area (Å²) in [5.41, 5.74) is 2.07. The molecule has 0 atom stereocenters. The van der Waals surface area contributed by atoms with Crippen molar-refractivity contribution in [1.29, 1.82) is 0 Å². The first-order valence-corrected chi connectivity index (χ1v) is 8.62. The Morgan fingerprint density at radius 2 is 1.96 bits per heavy atom. The van der Waals surface area contributed by atoms with Crippen molar-refractivity contribution in [2.24, 2.45) is 5.16 Å². The number of nitrogens with zero attached hydrogens (tertiary/aromatic N) is 1. The molecule has 25 heavy (non-hydrogen) atoms. The fourth-order valence-electron chi connectivity index (χ4n) is 2.06. The van der Waals surface area contributed by atoms with Gasteiger partial charge in [-0.1, -0.05) is 35.5 Å². The molecule has 0 radical (unpaired) electrons. The topological polar surface area (TPSA) is 77.0 Å². The second-order valence-electron chi connectivity index (χ2n) is 5.17. The number of oxime groups is 1. The third kappa shape index (κ3) is 5.15. The molecule has 1 N–H and O–H groups in total. The van der Waals surface area contributed by atoms with E-state index in [9.17, 15) is 9.59 Å². The molecule has 2 aromatic rings. The maximum absolute atomic E-state index is 12.1. The number of benzene rings is 1. The van der Waals surface area contributed by atoms with Gasteiger partial charge in [0.2, 0.25) is 0 Å². The molecule has 0 aliphatic carbocycles. The summed E-state index contributed by atoms with van der Waals surface area (Å²) >= 11 is 1.33. The van der Waals surface area contributed by atoms with E-state index in [4.69, 9.17) is 9.57 Å². The summed E-state index contributed by atoms with van der Waals surface area (Å²) in [4.78, 5) is 30.0. The van der Waals surface area contributed by atoms with E-state index >= 15 is 0 Å². The van der Waals surface area contributed by atoms with E-state index in [0.29, 0.717) is 10.6 Å². The third-order valence-corrected chi connectivity index (χ3v) is 4.51. The van der Waals surface area contributed by atoms with Crippen molar-refractivity contribution in [3.63, 3.8) is 0 Å². The lowest BCUT2D eigenvalue weighted by atomic mass is 10.1. The fraction of sp³-hybridized carbons (Fsp3) is 0.278. The summed E-state index contributed by atoms with van der Waals surface area (Å²) in [6, 6.07) is 9.40. The smallest absolute Gasteiger partial charge is 0.341 e. The normalized spacial score (nSPS) is 10.7. The number of hydrogen-bond acceptors (Lipinski definition) is 6. The number of nitrogens with one attached hydrogen (secondary N) is 1. The SMILES string of the molecule is CCOC(=O)c1c(NC(=O)CON=Cc2ccccc2)sc(C)c1C. The van der Waals surface area contributed by atoms with Crippen LogP contribution in [0.25, 0.3) is 0 Å². The van der Waals surface area contributed by atoms with E-state index in [0.717, 1.165) is 16.0 Å². The highest BCUT2D eigenvalue weighted by Gasteiger charge is 2.22. The predicted octanol–water partition coefficient (Wildman–Crippen LogP) is 3.53. The minimum atomic E-state index is -0.442. The maximum Gasteiger partial charge on any atom is 0.341 e. The van der Waals surface area contributed by atoms with Crippen LogP contribution in [0.3, 0.4) is 0 Å². The van der Waals surface area contributed by atoms with Gasteiger partial charge in [-0.25, -0.2) is 4.79 Å². The van der Waals surface area contributed by atoms with Gasteiger partial charge in [-0.15, -0.1) is 11.3 Å².